The van der Waals surface area contributed by atoms with Gasteiger partial charge in [0.2, 0.25) is 15.9 Å². The number of rotatable bonds is 9. The van der Waals surface area contributed by atoms with Crippen LogP contribution in [0.2, 0.25) is 0 Å². The van der Waals surface area contributed by atoms with E-state index in [2.05, 4.69) is 5.32 Å². The molecule has 2 aromatic rings. The van der Waals surface area contributed by atoms with Crippen molar-refractivity contribution in [1.82, 2.24) is 4.31 Å². The van der Waals surface area contributed by atoms with Crippen molar-refractivity contribution in [3.05, 3.63) is 53.3 Å². The number of nitrogens with zero attached hydrogens (tertiary/aromatic N) is 1. The molecule has 0 radical (unpaired) electrons. The van der Waals surface area contributed by atoms with Crippen molar-refractivity contribution in [2.75, 3.05) is 37.5 Å². The average Bonchev–Trinajstić information content (AvgIpc) is 2.66. The van der Waals surface area contributed by atoms with Gasteiger partial charge in [-0.3, -0.25) is 4.79 Å². The number of carbonyl (C=O) groups excluding carboxylic acids is 1. The second-order valence-electron chi connectivity index (χ2n) is 6.60. The summed E-state index contributed by atoms with van der Waals surface area (Å²) in [7, 11) is -0.660. The monoisotopic (exact) mass is 440 g/mol. The number of carbonyl (C=O) groups is 1. The SMILES string of the molecule is Cc1cc(S(=O)(=O)N(C)C)cc(NC(=O)CSCCOc2ccc(F)cc2)c1C. The Hall–Kier alpha value is -2.10. The number of ether oxygens (including phenoxy) is 1. The molecule has 1 amide bonds. The van der Waals surface area contributed by atoms with E-state index in [4.69, 9.17) is 4.74 Å². The van der Waals surface area contributed by atoms with E-state index in [-0.39, 0.29) is 22.4 Å². The van der Waals surface area contributed by atoms with Crippen molar-refractivity contribution in [1.29, 1.82) is 0 Å². The third-order valence-electron chi connectivity index (χ3n) is 4.24. The summed E-state index contributed by atoms with van der Waals surface area (Å²) >= 11 is 1.39. The molecule has 0 bridgehead atoms. The fraction of sp³-hybridized carbons (Fsp3) is 0.350. The fourth-order valence-corrected chi connectivity index (χ4v) is 4.03. The van der Waals surface area contributed by atoms with E-state index in [1.165, 1.54) is 44.1 Å². The number of sulfonamides is 1. The molecule has 0 saturated heterocycles. The Bertz CT molecular complexity index is 961. The first-order valence-electron chi connectivity index (χ1n) is 8.91. The van der Waals surface area contributed by atoms with Crippen molar-refractivity contribution < 1.29 is 22.3 Å². The second-order valence-corrected chi connectivity index (χ2v) is 9.86. The van der Waals surface area contributed by atoms with E-state index in [0.29, 0.717) is 23.8 Å². The van der Waals surface area contributed by atoms with Gasteiger partial charge in [0.25, 0.3) is 0 Å². The van der Waals surface area contributed by atoms with Crippen LogP contribution in [0.3, 0.4) is 0 Å². The topological polar surface area (TPSA) is 75.7 Å². The molecular formula is C20H25FN2O4S2. The molecule has 9 heteroatoms. The van der Waals surface area contributed by atoms with Crippen LogP contribution in [0.15, 0.2) is 41.3 Å². The lowest BCUT2D eigenvalue weighted by Gasteiger charge is -2.16. The highest BCUT2D eigenvalue weighted by molar-refractivity contribution is 7.99. The highest BCUT2D eigenvalue weighted by Gasteiger charge is 2.20. The normalized spacial score (nSPS) is 11.5. The van der Waals surface area contributed by atoms with Crippen LogP contribution in [0.4, 0.5) is 10.1 Å². The summed E-state index contributed by atoms with van der Waals surface area (Å²) in [5.41, 5.74) is 2.09. The van der Waals surface area contributed by atoms with Crippen LogP contribution in [0.1, 0.15) is 11.1 Å². The van der Waals surface area contributed by atoms with E-state index >= 15 is 0 Å². The molecule has 0 heterocycles. The minimum atomic E-state index is -3.59. The van der Waals surface area contributed by atoms with Crippen LogP contribution < -0.4 is 10.1 Å². The molecule has 0 saturated carbocycles. The van der Waals surface area contributed by atoms with Gasteiger partial charge in [-0.2, -0.15) is 0 Å². The van der Waals surface area contributed by atoms with E-state index in [1.807, 2.05) is 6.92 Å². The molecule has 2 rings (SSSR count). The van der Waals surface area contributed by atoms with Crippen molar-refractivity contribution in [2.24, 2.45) is 0 Å². The van der Waals surface area contributed by atoms with Crippen LogP contribution >= 0.6 is 11.8 Å². The summed E-state index contributed by atoms with van der Waals surface area (Å²) in [5, 5.41) is 2.79. The lowest BCUT2D eigenvalue weighted by atomic mass is 10.1. The van der Waals surface area contributed by atoms with Crippen LogP contribution in [0, 0.1) is 19.7 Å². The van der Waals surface area contributed by atoms with Gasteiger partial charge in [-0.1, -0.05) is 0 Å². The number of nitrogens with one attached hydrogen (secondary N) is 1. The van der Waals surface area contributed by atoms with E-state index < -0.39 is 10.0 Å². The molecule has 0 aliphatic rings. The molecule has 0 aliphatic carbocycles. The molecule has 158 valence electrons. The van der Waals surface area contributed by atoms with Gasteiger partial charge in [-0.15, -0.1) is 11.8 Å². The predicted octanol–water partition coefficient (Wildman–Crippen LogP) is 3.44. The Morgan fingerprint density at radius 3 is 2.45 bits per heavy atom. The molecule has 6 nitrogen and oxygen atoms in total. The first kappa shape index (κ1) is 23.2. The minimum Gasteiger partial charge on any atom is -0.493 e. The highest BCUT2D eigenvalue weighted by atomic mass is 32.2. The van der Waals surface area contributed by atoms with Gasteiger partial charge in [0.1, 0.15) is 11.6 Å². The Balaban J connectivity index is 1.89. The fourth-order valence-electron chi connectivity index (χ4n) is 2.42. The maximum absolute atomic E-state index is 12.8. The largest absolute Gasteiger partial charge is 0.493 e. The predicted molar refractivity (Wildman–Crippen MR) is 115 cm³/mol. The number of thioether (sulfide) groups is 1. The Labute approximate surface area is 175 Å². The lowest BCUT2D eigenvalue weighted by Crippen LogP contribution is -2.23. The van der Waals surface area contributed by atoms with E-state index in [0.717, 1.165) is 15.4 Å². The summed E-state index contributed by atoms with van der Waals surface area (Å²) in [4.78, 5) is 12.4. The van der Waals surface area contributed by atoms with Crippen molar-refractivity contribution in [3.8, 4) is 5.75 Å². The number of aryl methyl sites for hydroxylation is 1. The smallest absolute Gasteiger partial charge is 0.242 e. The molecular weight excluding hydrogens is 415 g/mol. The average molecular weight is 441 g/mol. The quantitative estimate of drug-likeness (QED) is 0.605. The van der Waals surface area contributed by atoms with Crippen molar-refractivity contribution in [3.63, 3.8) is 0 Å². The lowest BCUT2D eigenvalue weighted by molar-refractivity contribution is -0.113. The summed E-state index contributed by atoms with van der Waals surface area (Å²) in [6.07, 6.45) is 0. The maximum atomic E-state index is 12.8. The first-order chi connectivity index (χ1) is 13.6. The minimum absolute atomic E-state index is 0.140. The zero-order chi connectivity index (χ0) is 21.6. The van der Waals surface area contributed by atoms with Crippen LogP contribution in [-0.4, -0.2) is 50.8 Å². The van der Waals surface area contributed by atoms with Crippen molar-refractivity contribution >= 4 is 33.4 Å². The standard InChI is InChI=1S/C20H25FN2O4S2/c1-14-11-18(29(25,26)23(3)4)12-19(15(14)2)22-20(24)13-28-10-9-27-17-7-5-16(21)6-8-17/h5-8,11-12H,9-10,13H2,1-4H3,(H,22,24). The summed E-state index contributed by atoms with van der Waals surface area (Å²) in [5.74, 6) is 0.810. The van der Waals surface area contributed by atoms with Crippen LogP contribution in [0.25, 0.3) is 0 Å². The molecule has 2 aromatic carbocycles. The van der Waals surface area contributed by atoms with Gasteiger partial charge < -0.3 is 10.1 Å². The number of hydrogen-bond donors (Lipinski definition) is 1. The molecule has 0 spiro atoms. The molecule has 0 unspecified atom stereocenters. The summed E-state index contributed by atoms with van der Waals surface area (Å²) in [6, 6.07) is 8.83. The summed E-state index contributed by atoms with van der Waals surface area (Å²) in [6.45, 7) is 4.03. The zero-order valence-corrected chi connectivity index (χ0v) is 18.5. The number of anilines is 1. The van der Waals surface area contributed by atoms with Gasteiger partial charge >= 0.3 is 0 Å². The van der Waals surface area contributed by atoms with Crippen LogP contribution in [0.5, 0.6) is 5.75 Å². The Morgan fingerprint density at radius 1 is 1.17 bits per heavy atom. The number of amides is 1. The number of hydrogen-bond acceptors (Lipinski definition) is 5. The van der Waals surface area contributed by atoms with Crippen molar-refractivity contribution in [2.45, 2.75) is 18.7 Å². The van der Waals surface area contributed by atoms with Gasteiger partial charge in [-0.25, -0.2) is 17.1 Å². The van der Waals surface area contributed by atoms with Gasteiger partial charge in [-0.05, 0) is 61.4 Å². The molecule has 1 N–H and O–H groups in total. The first-order valence-corrected chi connectivity index (χ1v) is 11.5. The molecule has 0 atom stereocenters. The van der Waals surface area contributed by atoms with E-state index in [1.54, 1.807) is 25.1 Å². The second kappa shape index (κ2) is 10.1. The highest BCUT2D eigenvalue weighted by Crippen LogP contribution is 2.25. The number of halogens is 1. The maximum Gasteiger partial charge on any atom is 0.242 e. The Kier molecular flexibility index (Phi) is 8.06. The van der Waals surface area contributed by atoms with E-state index in [9.17, 15) is 17.6 Å². The molecule has 0 fully saturated rings. The zero-order valence-electron chi connectivity index (χ0n) is 16.9. The van der Waals surface area contributed by atoms with Crippen LogP contribution in [-0.2, 0) is 14.8 Å². The van der Waals surface area contributed by atoms with Gasteiger partial charge in [0, 0.05) is 25.5 Å². The summed E-state index contributed by atoms with van der Waals surface area (Å²) < 4.78 is 44.2. The molecule has 0 aliphatic heterocycles. The Morgan fingerprint density at radius 2 is 1.83 bits per heavy atom. The molecule has 0 aromatic heterocycles. The van der Waals surface area contributed by atoms with Gasteiger partial charge in [0.05, 0.1) is 17.3 Å². The third kappa shape index (κ3) is 6.45. The third-order valence-corrected chi connectivity index (χ3v) is 6.95. The van der Waals surface area contributed by atoms with Gasteiger partial charge in [0.15, 0.2) is 0 Å². The molecule has 29 heavy (non-hydrogen) atoms. The number of benzene rings is 2.